The second-order valence-electron chi connectivity index (χ2n) is 12.0. The van der Waals surface area contributed by atoms with Gasteiger partial charge in [0.2, 0.25) is 24.0 Å². The fraction of sp³-hybridized carbons (Fsp3) is 0.452. The fourth-order valence-corrected chi connectivity index (χ4v) is 5.83. The third kappa shape index (κ3) is 6.59. The summed E-state index contributed by atoms with van der Waals surface area (Å²) in [5.41, 5.74) is -4.20. The van der Waals surface area contributed by atoms with Crippen LogP contribution in [0.1, 0.15) is 12.0 Å². The van der Waals surface area contributed by atoms with Crippen LogP contribution in [0.15, 0.2) is 39.5 Å². The van der Waals surface area contributed by atoms with Crippen molar-refractivity contribution >= 4 is 22.9 Å². The molecule has 9 unspecified atom stereocenters. The predicted molar refractivity (Wildman–Crippen MR) is 163 cm³/mol. The Labute approximate surface area is 289 Å². The van der Waals surface area contributed by atoms with E-state index in [0.29, 0.717) is 0 Å². The predicted octanol–water partition coefficient (Wildman–Crippen LogP) is -4.19. The molecule has 2 fully saturated rings. The van der Waals surface area contributed by atoms with Crippen LogP contribution in [-0.4, -0.2) is 152 Å². The normalized spacial score (nSPS) is 30.2. The number of carboxylic acid groups (broad SMARTS) is 1. The molecule has 284 valence electrons. The number of esters is 1. The minimum absolute atomic E-state index is 0.0717. The van der Waals surface area contributed by atoms with Gasteiger partial charge in [-0.15, -0.1) is 0 Å². The molecule has 1 aromatic heterocycles. The van der Waals surface area contributed by atoms with Crippen molar-refractivity contribution < 1.29 is 99.3 Å². The number of carboxylic acids is 1. The van der Waals surface area contributed by atoms with E-state index in [1.165, 1.54) is 6.07 Å². The maximum atomic E-state index is 13.1. The van der Waals surface area contributed by atoms with E-state index in [0.717, 1.165) is 24.3 Å². The van der Waals surface area contributed by atoms with Crippen molar-refractivity contribution in [1.82, 2.24) is 0 Å². The van der Waals surface area contributed by atoms with Gasteiger partial charge < -0.3 is 89.7 Å². The second-order valence-corrected chi connectivity index (χ2v) is 12.0. The van der Waals surface area contributed by atoms with Gasteiger partial charge in [-0.3, -0.25) is 4.79 Å². The number of aliphatic carboxylic acids is 1. The van der Waals surface area contributed by atoms with Gasteiger partial charge in [-0.25, -0.2) is 9.59 Å². The molecule has 0 spiro atoms. The number of carbonyl (C=O) groups is 2. The first kappa shape index (κ1) is 38.6. The smallest absolute Gasteiger partial charge is 0.342 e. The average molecular weight is 743 g/mol. The van der Waals surface area contributed by atoms with E-state index >= 15 is 0 Å². The molecule has 2 saturated heterocycles. The topological polar surface area (TPSA) is 364 Å². The third-order valence-electron chi connectivity index (χ3n) is 8.64. The highest BCUT2D eigenvalue weighted by Gasteiger charge is 2.68. The van der Waals surface area contributed by atoms with Gasteiger partial charge in [0.15, 0.2) is 23.0 Å². The molecule has 21 nitrogen and oxygen atoms in total. The molecule has 5 rings (SSSR count). The number of phenols is 3. The number of ether oxygens (including phenoxy) is 4. The quantitative estimate of drug-likeness (QED) is 0.0532. The van der Waals surface area contributed by atoms with Gasteiger partial charge in [-0.05, 0) is 18.6 Å². The van der Waals surface area contributed by atoms with Crippen molar-refractivity contribution in [2.75, 3.05) is 13.2 Å². The monoisotopic (exact) mass is 742 g/mol. The molecule has 0 aliphatic carbocycles. The van der Waals surface area contributed by atoms with Crippen LogP contribution < -0.4 is 10.2 Å². The number of benzene rings is 2. The number of aromatic hydroxyl groups is 3. The van der Waals surface area contributed by atoms with Crippen LogP contribution in [-0.2, 0) is 30.2 Å². The highest BCUT2D eigenvalue weighted by atomic mass is 16.8. The van der Waals surface area contributed by atoms with Crippen LogP contribution in [0.25, 0.3) is 22.3 Å². The minimum Gasteiger partial charge on any atom is -0.507 e. The molecule has 13 N–H and O–H groups in total. The van der Waals surface area contributed by atoms with Crippen LogP contribution in [0.2, 0.25) is 0 Å². The zero-order valence-electron chi connectivity index (χ0n) is 26.4. The summed E-state index contributed by atoms with van der Waals surface area (Å²) in [5, 5.41) is 132. The number of rotatable bonds is 10. The van der Waals surface area contributed by atoms with Gasteiger partial charge in [0.25, 0.3) is 0 Å². The number of fused-ring (bicyclic) bond motifs is 1. The summed E-state index contributed by atoms with van der Waals surface area (Å²) in [5.74, 6) is -10.1. The molecule has 52 heavy (non-hydrogen) atoms. The standard InChI is InChI=1S/C31H34O21/c32-3-1-10-5-11(6-15(36)19(10)37)16-9-14(35)18-13(34)7-12(8-17(18)49-16)48-27-22(40)20(38)21(39)24(50-27)26(43)51-28-23(41)25(42)31(46,47)30(52-28,2-4-33)29(44)45/h5-9,20-25,27-28,32-34,36-42,46-47H,1-4H2,(H,44,45). The van der Waals surface area contributed by atoms with E-state index in [9.17, 15) is 80.8 Å². The number of hydrogen-bond acceptors (Lipinski definition) is 20. The third-order valence-corrected chi connectivity index (χ3v) is 8.64. The molecule has 3 aromatic rings. The summed E-state index contributed by atoms with van der Waals surface area (Å²) in [7, 11) is 0. The van der Waals surface area contributed by atoms with E-state index < -0.39 is 121 Å². The second kappa shape index (κ2) is 14.4. The SMILES string of the molecule is O=C(OC1OC(CCO)(C(=O)O)C(O)(O)C(O)C1O)C1OC(Oc2cc(O)c3c(=O)cc(-c4cc(O)c(O)c(CCO)c4)oc3c2)C(O)C(O)C1O. The van der Waals surface area contributed by atoms with Gasteiger partial charge in [0.05, 0.1) is 0 Å². The molecule has 0 radical (unpaired) electrons. The van der Waals surface area contributed by atoms with Gasteiger partial charge in [0.1, 0.15) is 58.7 Å². The van der Waals surface area contributed by atoms with Crippen molar-refractivity contribution in [3.63, 3.8) is 0 Å². The van der Waals surface area contributed by atoms with E-state index in [1.807, 2.05) is 0 Å². The van der Waals surface area contributed by atoms with Crippen LogP contribution in [0.3, 0.4) is 0 Å². The zero-order valence-corrected chi connectivity index (χ0v) is 26.4. The van der Waals surface area contributed by atoms with Gasteiger partial charge >= 0.3 is 11.9 Å². The maximum absolute atomic E-state index is 13.1. The summed E-state index contributed by atoms with van der Waals surface area (Å²) in [6, 6.07) is 5.24. The Balaban J connectivity index is 1.42. The molecule has 0 saturated carbocycles. The number of phenolic OH excluding ortho intramolecular Hbond substituents is 3. The Morgan fingerprint density at radius 3 is 2.15 bits per heavy atom. The summed E-state index contributed by atoms with van der Waals surface area (Å²) in [6.07, 6.45) is -20.1. The molecule has 0 amide bonds. The molecule has 2 aliphatic rings. The largest absolute Gasteiger partial charge is 0.507 e. The summed E-state index contributed by atoms with van der Waals surface area (Å²) in [4.78, 5) is 38.1. The Morgan fingerprint density at radius 2 is 1.52 bits per heavy atom. The first-order chi connectivity index (χ1) is 24.4. The highest BCUT2D eigenvalue weighted by Crippen LogP contribution is 2.41. The van der Waals surface area contributed by atoms with Crippen LogP contribution in [0, 0.1) is 0 Å². The summed E-state index contributed by atoms with van der Waals surface area (Å²) in [6.45, 7) is -1.46. The van der Waals surface area contributed by atoms with Crippen LogP contribution in [0.4, 0.5) is 0 Å². The van der Waals surface area contributed by atoms with Crippen molar-refractivity contribution in [2.45, 2.75) is 73.4 Å². The van der Waals surface area contributed by atoms with E-state index in [2.05, 4.69) is 0 Å². The lowest BCUT2D eigenvalue weighted by molar-refractivity contribution is -0.407. The van der Waals surface area contributed by atoms with E-state index in [4.69, 9.17) is 23.4 Å². The van der Waals surface area contributed by atoms with Crippen molar-refractivity contribution in [3.8, 4) is 34.3 Å². The van der Waals surface area contributed by atoms with Crippen molar-refractivity contribution in [1.29, 1.82) is 0 Å². The number of carbonyl (C=O) groups excluding carboxylic acids is 1. The Morgan fingerprint density at radius 1 is 0.827 bits per heavy atom. The van der Waals surface area contributed by atoms with Gasteiger partial charge in [-0.2, -0.15) is 0 Å². The average Bonchev–Trinajstić information content (AvgIpc) is 3.07. The first-order valence-corrected chi connectivity index (χ1v) is 15.2. The first-order valence-electron chi connectivity index (χ1n) is 15.2. The Kier molecular flexibility index (Phi) is 10.7. The Hall–Kier alpha value is -4.65. The molecular weight excluding hydrogens is 708 g/mol. The molecular formula is C31H34O21. The molecule has 2 aromatic carbocycles. The Bertz CT molecular complexity index is 1890. The maximum Gasteiger partial charge on any atom is 0.342 e. The summed E-state index contributed by atoms with van der Waals surface area (Å²) >= 11 is 0. The molecule has 3 heterocycles. The van der Waals surface area contributed by atoms with Crippen LogP contribution >= 0.6 is 0 Å². The number of aliphatic hydroxyl groups is 9. The van der Waals surface area contributed by atoms with Gasteiger partial charge in [-0.1, -0.05) is 0 Å². The van der Waals surface area contributed by atoms with E-state index in [-0.39, 0.29) is 34.3 Å². The lowest BCUT2D eigenvalue weighted by Gasteiger charge is -2.50. The lowest BCUT2D eigenvalue weighted by atomic mass is 9.80. The molecule has 2 aliphatic heterocycles. The van der Waals surface area contributed by atoms with Gasteiger partial charge in [0, 0.05) is 49.0 Å². The van der Waals surface area contributed by atoms with Crippen molar-refractivity contribution in [2.24, 2.45) is 0 Å². The number of aliphatic hydroxyl groups excluding tert-OH is 7. The van der Waals surface area contributed by atoms with Crippen LogP contribution in [0.5, 0.6) is 23.0 Å². The fourth-order valence-electron chi connectivity index (χ4n) is 5.83. The van der Waals surface area contributed by atoms with Crippen molar-refractivity contribution in [3.05, 3.63) is 46.1 Å². The molecule has 0 bridgehead atoms. The molecule has 9 atom stereocenters. The zero-order chi connectivity index (χ0) is 38.4. The lowest BCUT2D eigenvalue weighted by Crippen LogP contribution is -2.76. The van der Waals surface area contributed by atoms with E-state index in [1.54, 1.807) is 0 Å². The molecule has 21 heteroatoms. The highest BCUT2D eigenvalue weighted by molar-refractivity contribution is 5.86. The minimum atomic E-state index is -3.73. The summed E-state index contributed by atoms with van der Waals surface area (Å²) < 4.78 is 26.4. The number of hydrogen-bond donors (Lipinski definition) is 13.